The van der Waals surface area contributed by atoms with E-state index in [0.29, 0.717) is 11.8 Å². The molecule has 3 N–H and O–H groups in total. The molecule has 1 rings (SSSR count). The van der Waals surface area contributed by atoms with Gasteiger partial charge in [0, 0.05) is 6.54 Å². The average Bonchev–Trinajstić information content (AvgIpc) is 2.14. The molecule has 0 fully saturated rings. The lowest BCUT2D eigenvalue weighted by atomic mass is 10.3. The molecule has 0 saturated heterocycles. The molecule has 0 spiro atoms. The highest BCUT2D eigenvalue weighted by molar-refractivity contribution is 5.56. The second kappa shape index (κ2) is 4.55. The minimum absolute atomic E-state index is 0.219. The Morgan fingerprint density at radius 3 is 2.71 bits per heavy atom. The maximum absolute atomic E-state index is 5.53. The van der Waals surface area contributed by atoms with E-state index in [1.165, 1.54) is 0 Å². The predicted molar refractivity (Wildman–Crippen MR) is 57.7 cm³/mol. The topological polar surface area (TPSA) is 76.7 Å². The van der Waals surface area contributed by atoms with Gasteiger partial charge < -0.3 is 11.1 Å². The smallest absolute Gasteiger partial charge is 0.228 e. The van der Waals surface area contributed by atoms with Gasteiger partial charge in [-0.2, -0.15) is 15.0 Å². The lowest BCUT2D eigenvalue weighted by molar-refractivity contribution is 0.935. The number of nitrogens with zero attached hydrogens (tertiary/aromatic N) is 3. The van der Waals surface area contributed by atoms with Gasteiger partial charge >= 0.3 is 0 Å². The summed E-state index contributed by atoms with van der Waals surface area (Å²) in [7, 11) is 0. The summed E-state index contributed by atoms with van der Waals surface area (Å²) in [4.78, 5) is 12.1. The molecule has 0 saturated carbocycles. The third kappa shape index (κ3) is 2.69. The van der Waals surface area contributed by atoms with Crippen molar-refractivity contribution in [3.05, 3.63) is 12.4 Å². The van der Waals surface area contributed by atoms with Gasteiger partial charge in [-0.05, 0) is 18.9 Å². The van der Waals surface area contributed by atoms with Crippen LogP contribution in [0.25, 0.3) is 5.57 Å². The van der Waals surface area contributed by atoms with Gasteiger partial charge in [-0.1, -0.05) is 13.5 Å². The Labute approximate surface area is 83.5 Å². The Kier molecular flexibility index (Phi) is 3.39. The standard InChI is InChI=1S/C9H15N5/c1-4-5-11-9-13-7(6(2)3)12-8(10)14-9/h2,4-5H2,1,3H3,(H3,10,11,12,13,14). The van der Waals surface area contributed by atoms with E-state index < -0.39 is 0 Å². The van der Waals surface area contributed by atoms with Crippen molar-refractivity contribution >= 4 is 17.5 Å². The second-order valence-electron chi connectivity index (χ2n) is 3.05. The second-order valence-corrected chi connectivity index (χ2v) is 3.05. The molecule has 0 aliphatic carbocycles. The van der Waals surface area contributed by atoms with Gasteiger partial charge in [-0.25, -0.2) is 0 Å². The number of hydrogen-bond donors (Lipinski definition) is 2. The van der Waals surface area contributed by atoms with E-state index in [-0.39, 0.29) is 5.95 Å². The van der Waals surface area contributed by atoms with Crippen molar-refractivity contribution in [2.45, 2.75) is 20.3 Å². The molecule has 0 amide bonds. The molecule has 0 aliphatic heterocycles. The zero-order valence-electron chi connectivity index (χ0n) is 8.54. The van der Waals surface area contributed by atoms with Crippen LogP contribution in [0.15, 0.2) is 6.58 Å². The molecular formula is C9H15N5. The van der Waals surface area contributed by atoms with Crippen LogP contribution in [0.5, 0.6) is 0 Å². The number of rotatable bonds is 4. The van der Waals surface area contributed by atoms with Gasteiger partial charge in [0.05, 0.1) is 0 Å². The van der Waals surface area contributed by atoms with Gasteiger partial charge in [0.2, 0.25) is 11.9 Å². The van der Waals surface area contributed by atoms with Crippen molar-refractivity contribution in [2.75, 3.05) is 17.6 Å². The van der Waals surface area contributed by atoms with E-state index in [9.17, 15) is 0 Å². The molecule has 0 aliphatic rings. The Morgan fingerprint density at radius 2 is 2.14 bits per heavy atom. The highest BCUT2D eigenvalue weighted by Crippen LogP contribution is 2.09. The maximum atomic E-state index is 5.53. The van der Waals surface area contributed by atoms with E-state index in [2.05, 4.69) is 33.8 Å². The fourth-order valence-corrected chi connectivity index (χ4v) is 0.899. The third-order valence-electron chi connectivity index (χ3n) is 1.57. The molecule has 5 nitrogen and oxygen atoms in total. The van der Waals surface area contributed by atoms with Crippen molar-refractivity contribution in [3.8, 4) is 0 Å². The average molecular weight is 193 g/mol. The first-order valence-corrected chi connectivity index (χ1v) is 4.54. The van der Waals surface area contributed by atoms with Crippen molar-refractivity contribution < 1.29 is 0 Å². The molecule has 1 heterocycles. The first-order chi connectivity index (χ1) is 6.63. The summed E-state index contributed by atoms with van der Waals surface area (Å²) in [5, 5.41) is 3.05. The molecule has 14 heavy (non-hydrogen) atoms. The van der Waals surface area contributed by atoms with Crippen LogP contribution in [0, 0.1) is 0 Å². The van der Waals surface area contributed by atoms with Gasteiger partial charge in [-0.15, -0.1) is 0 Å². The summed E-state index contributed by atoms with van der Waals surface area (Å²) < 4.78 is 0. The summed E-state index contributed by atoms with van der Waals surface area (Å²) in [5.41, 5.74) is 6.30. The number of hydrogen-bond acceptors (Lipinski definition) is 5. The molecule has 0 atom stereocenters. The summed E-state index contributed by atoms with van der Waals surface area (Å²) >= 11 is 0. The number of nitrogens with two attached hydrogens (primary N) is 1. The van der Waals surface area contributed by atoms with Crippen molar-refractivity contribution in [2.24, 2.45) is 0 Å². The zero-order chi connectivity index (χ0) is 10.6. The number of allylic oxidation sites excluding steroid dienone is 1. The highest BCUT2D eigenvalue weighted by atomic mass is 15.2. The van der Waals surface area contributed by atoms with Crippen molar-refractivity contribution in [1.29, 1.82) is 0 Å². The van der Waals surface area contributed by atoms with Crippen LogP contribution >= 0.6 is 0 Å². The summed E-state index contributed by atoms with van der Waals surface area (Å²) in [6.07, 6.45) is 1.01. The molecule has 0 bridgehead atoms. The van der Waals surface area contributed by atoms with Crippen LogP contribution in [-0.2, 0) is 0 Å². The number of nitrogen functional groups attached to an aromatic ring is 1. The quantitative estimate of drug-likeness (QED) is 0.753. The van der Waals surface area contributed by atoms with E-state index in [1.807, 2.05) is 6.92 Å². The molecule has 1 aromatic rings. The first-order valence-electron chi connectivity index (χ1n) is 4.54. The first kappa shape index (κ1) is 10.4. The van der Waals surface area contributed by atoms with Gasteiger partial charge in [0.15, 0.2) is 5.82 Å². The monoisotopic (exact) mass is 193 g/mol. The van der Waals surface area contributed by atoms with Crippen molar-refractivity contribution in [1.82, 2.24) is 15.0 Å². The molecule has 1 aromatic heterocycles. The molecule has 0 radical (unpaired) electrons. The minimum atomic E-state index is 0.219. The SMILES string of the molecule is C=C(C)c1nc(N)nc(NCCC)n1. The van der Waals surface area contributed by atoms with Crippen LogP contribution in [-0.4, -0.2) is 21.5 Å². The summed E-state index contributed by atoms with van der Waals surface area (Å²) in [6, 6.07) is 0. The summed E-state index contributed by atoms with van der Waals surface area (Å²) in [5.74, 6) is 1.27. The fraction of sp³-hybridized carbons (Fsp3) is 0.444. The number of nitrogens with one attached hydrogen (secondary N) is 1. The molecule has 76 valence electrons. The van der Waals surface area contributed by atoms with Crippen molar-refractivity contribution in [3.63, 3.8) is 0 Å². The highest BCUT2D eigenvalue weighted by Gasteiger charge is 2.03. The lowest BCUT2D eigenvalue weighted by Crippen LogP contribution is -2.09. The third-order valence-corrected chi connectivity index (χ3v) is 1.57. The lowest BCUT2D eigenvalue weighted by Gasteiger charge is -2.05. The zero-order valence-corrected chi connectivity index (χ0v) is 8.54. The van der Waals surface area contributed by atoms with Crippen LogP contribution in [0.1, 0.15) is 26.1 Å². The van der Waals surface area contributed by atoms with Crippen LogP contribution in [0.2, 0.25) is 0 Å². The molecule has 0 unspecified atom stereocenters. The normalized spacial score (nSPS) is 9.86. The Bertz CT molecular complexity index is 334. The van der Waals surface area contributed by atoms with E-state index in [0.717, 1.165) is 18.5 Å². The molecule has 0 aromatic carbocycles. The Morgan fingerprint density at radius 1 is 1.43 bits per heavy atom. The molecule has 5 heteroatoms. The number of aromatic nitrogens is 3. The summed E-state index contributed by atoms with van der Waals surface area (Å²) in [6.45, 7) is 8.47. The fourth-order valence-electron chi connectivity index (χ4n) is 0.899. The number of anilines is 2. The van der Waals surface area contributed by atoms with Gasteiger partial charge in [0.25, 0.3) is 0 Å². The minimum Gasteiger partial charge on any atom is -0.368 e. The van der Waals surface area contributed by atoms with Crippen LogP contribution in [0.3, 0.4) is 0 Å². The van der Waals surface area contributed by atoms with E-state index >= 15 is 0 Å². The Balaban J connectivity index is 2.89. The molecular weight excluding hydrogens is 178 g/mol. The van der Waals surface area contributed by atoms with Crippen LogP contribution < -0.4 is 11.1 Å². The van der Waals surface area contributed by atoms with Gasteiger partial charge in [0.1, 0.15) is 0 Å². The maximum Gasteiger partial charge on any atom is 0.228 e. The van der Waals surface area contributed by atoms with E-state index in [4.69, 9.17) is 5.73 Å². The Hall–Kier alpha value is -1.65. The van der Waals surface area contributed by atoms with E-state index in [1.54, 1.807) is 0 Å². The largest absolute Gasteiger partial charge is 0.368 e. The predicted octanol–water partition coefficient (Wildman–Crippen LogP) is 1.31. The van der Waals surface area contributed by atoms with Gasteiger partial charge in [-0.3, -0.25) is 0 Å². The van der Waals surface area contributed by atoms with Crippen LogP contribution in [0.4, 0.5) is 11.9 Å².